The van der Waals surface area contributed by atoms with Crippen molar-refractivity contribution in [1.82, 2.24) is 0 Å². The Morgan fingerprint density at radius 1 is 1.21 bits per heavy atom. The van der Waals surface area contributed by atoms with Crippen LogP contribution in [-0.4, -0.2) is 22.8 Å². The molecule has 0 heterocycles. The van der Waals surface area contributed by atoms with Gasteiger partial charge in [-0.05, 0) is 82.1 Å². The van der Waals surface area contributed by atoms with E-state index in [0.717, 1.165) is 30.4 Å². The zero-order valence-electron chi connectivity index (χ0n) is 18.3. The lowest BCUT2D eigenvalue weighted by atomic mass is 9.58. The monoisotopic (exact) mass is 431 g/mol. The molecule has 0 radical (unpaired) electrons. The van der Waals surface area contributed by atoms with Gasteiger partial charge in [0.1, 0.15) is 0 Å². The summed E-state index contributed by atoms with van der Waals surface area (Å²) in [5.74, 6) is 0.289. The minimum absolute atomic E-state index is 0.0549. The van der Waals surface area contributed by atoms with Crippen LogP contribution in [0.2, 0.25) is 19.6 Å². The van der Waals surface area contributed by atoms with Crippen LogP contribution in [0.15, 0.2) is 39.8 Å². The van der Waals surface area contributed by atoms with E-state index in [9.17, 15) is 8.42 Å². The average Bonchev–Trinajstić information content (AvgIpc) is 2.62. The van der Waals surface area contributed by atoms with Gasteiger partial charge < -0.3 is 4.43 Å². The molecule has 0 bridgehead atoms. The Balaban J connectivity index is 1.98. The van der Waals surface area contributed by atoms with Gasteiger partial charge in [0.25, 0.3) is 5.03 Å². The second-order valence-corrected chi connectivity index (χ2v) is 16.3. The van der Waals surface area contributed by atoms with Crippen molar-refractivity contribution in [3.63, 3.8) is 0 Å². The fourth-order valence-electron chi connectivity index (χ4n) is 4.98. The van der Waals surface area contributed by atoms with Gasteiger partial charge in [-0.1, -0.05) is 36.6 Å². The summed E-state index contributed by atoms with van der Waals surface area (Å²) in [7, 11) is -5.49. The standard InChI is InChI=1S/C23H33NO3SSi/c1-17-9-11-19(12-10-17)28(25,26)22(24-3)18-13-15-23(2)14-7-8-21(20(23)16-18)27-29(4,5)6/h9-12,20-21H,7-8,13-16H2,1-2,4-6H3/b22-18+/t20-,21-,23+/m1/s1. The van der Waals surface area contributed by atoms with E-state index in [4.69, 9.17) is 11.0 Å². The normalized spacial score (nSPS) is 29.7. The van der Waals surface area contributed by atoms with E-state index in [2.05, 4.69) is 31.4 Å². The molecule has 3 atom stereocenters. The molecule has 0 aliphatic heterocycles. The van der Waals surface area contributed by atoms with Crippen molar-refractivity contribution in [1.29, 1.82) is 0 Å². The summed E-state index contributed by atoms with van der Waals surface area (Å²) in [5, 5.41) is -0.0549. The van der Waals surface area contributed by atoms with E-state index in [1.807, 2.05) is 6.92 Å². The quantitative estimate of drug-likeness (QED) is 0.427. The summed E-state index contributed by atoms with van der Waals surface area (Å²) in [6.07, 6.45) is 5.82. The number of allylic oxidation sites excluding steroid dienone is 1. The minimum atomic E-state index is -3.78. The molecule has 6 heteroatoms. The Morgan fingerprint density at radius 3 is 2.45 bits per heavy atom. The smallest absolute Gasteiger partial charge is 0.282 e. The van der Waals surface area contributed by atoms with Crippen LogP contribution >= 0.6 is 0 Å². The first-order valence-corrected chi connectivity index (χ1v) is 15.4. The van der Waals surface area contributed by atoms with Crippen molar-refractivity contribution in [2.45, 2.75) is 83.0 Å². The molecule has 0 N–H and O–H groups in total. The highest BCUT2D eigenvalue weighted by Crippen LogP contribution is 2.53. The van der Waals surface area contributed by atoms with Crippen molar-refractivity contribution < 1.29 is 12.8 Å². The highest BCUT2D eigenvalue weighted by Gasteiger charge is 2.47. The maximum absolute atomic E-state index is 13.2. The molecule has 2 saturated carbocycles. The molecule has 1 aromatic carbocycles. The first-order valence-electron chi connectivity index (χ1n) is 10.6. The number of rotatable bonds is 4. The minimum Gasteiger partial charge on any atom is -0.414 e. The number of benzene rings is 1. The van der Waals surface area contributed by atoms with Gasteiger partial charge in [0.15, 0.2) is 8.32 Å². The van der Waals surface area contributed by atoms with Crippen molar-refractivity contribution in [3.05, 3.63) is 51.8 Å². The molecular weight excluding hydrogens is 398 g/mol. The van der Waals surface area contributed by atoms with Crippen LogP contribution in [0.1, 0.15) is 51.0 Å². The van der Waals surface area contributed by atoms with Gasteiger partial charge in [-0.15, -0.1) is 0 Å². The van der Waals surface area contributed by atoms with E-state index in [0.29, 0.717) is 12.8 Å². The van der Waals surface area contributed by atoms with Crippen LogP contribution in [0.5, 0.6) is 0 Å². The molecule has 0 saturated heterocycles. The van der Waals surface area contributed by atoms with E-state index in [1.54, 1.807) is 24.3 Å². The number of nitrogens with zero attached hydrogens (tertiary/aromatic N) is 1. The van der Waals surface area contributed by atoms with Crippen LogP contribution in [0.4, 0.5) is 0 Å². The first-order chi connectivity index (χ1) is 13.5. The number of sulfone groups is 1. The Kier molecular flexibility index (Phi) is 6.15. The lowest BCUT2D eigenvalue weighted by molar-refractivity contribution is -0.0224. The van der Waals surface area contributed by atoms with Crippen LogP contribution in [-0.2, 0) is 14.3 Å². The average molecular weight is 432 g/mol. The molecule has 0 aromatic heterocycles. The maximum atomic E-state index is 13.2. The largest absolute Gasteiger partial charge is 0.414 e. The lowest BCUT2D eigenvalue weighted by Gasteiger charge is -2.51. The number of hydrogen-bond acceptors (Lipinski definition) is 3. The second kappa shape index (κ2) is 8.01. The summed E-state index contributed by atoms with van der Waals surface area (Å²) in [4.78, 5) is 3.77. The van der Waals surface area contributed by atoms with Gasteiger partial charge in [0, 0.05) is 6.10 Å². The molecule has 1 aromatic rings. The van der Waals surface area contributed by atoms with Gasteiger partial charge >= 0.3 is 0 Å². The third-order valence-corrected chi connectivity index (χ3v) is 9.33. The van der Waals surface area contributed by atoms with E-state index in [-0.39, 0.29) is 27.4 Å². The zero-order valence-corrected chi connectivity index (χ0v) is 20.1. The number of hydrogen-bond donors (Lipinski definition) is 0. The van der Waals surface area contributed by atoms with Crippen molar-refractivity contribution in [2.75, 3.05) is 0 Å². The Bertz CT molecular complexity index is 938. The molecule has 2 aliphatic rings. The molecule has 0 amide bonds. The van der Waals surface area contributed by atoms with Crippen molar-refractivity contribution >= 4 is 18.2 Å². The SMILES string of the molecule is [C-]#[N+]/C(=C1/CC[C@]2(C)CCC[C@@H](O[Si](C)(C)C)[C@H]2C1)S(=O)(=O)c1ccc(C)cc1. The van der Waals surface area contributed by atoms with E-state index >= 15 is 0 Å². The third-order valence-electron chi connectivity index (χ3n) is 6.54. The van der Waals surface area contributed by atoms with Gasteiger partial charge in [0.05, 0.1) is 11.5 Å². The van der Waals surface area contributed by atoms with E-state index in [1.165, 1.54) is 6.42 Å². The van der Waals surface area contributed by atoms with Crippen LogP contribution in [0.3, 0.4) is 0 Å². The molecule has 29 heavy (non-hydrogen) atoms. The first kappa shape index (κ1) is 22.3. The Morgan fingerprint density at radius 2 is 1.86 bits per heavy atom. The fourth-order valence-corrected chi connectivity index (χ4v) is 7.58. The topological polar surface area (TPSA) is 47.7 Å². The highest BCUT2D eigenvalue weighted by atomic mass is 32.2. The highest BCUT2D eigenvalue weighted by molar-refractivity contribution is 7.95. The number of aryl methyl sites for hydroxylation is 1. The van der Waals surface area contributed by atoms with E-state index < -0.39 is 18.2 Å². The van der Waals surface area contributed by atoms with Gasteiger partial charge in [0.2, 0.25) is 9.84 Å². The van der Waals surface area contributed by atoms with Crippen molar-refractivity contribution in [3.8, 4) is 0 Å². The number of fused-ring (bicyclic) bond motifs is 1. The summed E-state index contributed by atoms with van der Waals surface area (Å²) < 4.78 is 33.0. The zero-order chi connectivity index (χ0) is 21.4. The third kappa shape index (κ3) is 4.68. The predicted octanol–water partition coefficient (Wildman–Crippen LogP) is 6.11. The summed E-state index contributed by atoms with van der Waals surface area (Å²) >= 11 is 0. The van der Waals surface area contributed by atoms with Crippen LogP contribution in [0, 0.1) is 24.8 Å². The van der Waals surface area contributed by atoms with Crippen LogP contribution in [0.25, 0.3) is 4.85 Å². The molecular formula is C23H33NO3SSi. The maximum Gasteiger partial charge on any atom is 0.282 e. The summed E-state index contributed by atoms with van der Waals surface area (Å²) in [5.41, 5.74) is 1.98. The van der Waals surface area contributed by atoms with Gasteiger partial charge in [-0.3, -0.25) is 0 Å². The van der Waals surface area contributed by atoms with Gasteiger partial charge in [-0.25, -0.2) is 13.3 Å². The molecule has 0 unspecified atom stereocenters. The second-order valence-electron chi connectivity index (χ2n) is 9.96. The molecule has 3 rings (SSSR count). The molecule has 0 spiro atoms. The summed E-state index contributed by atoms with van der Waals surface area (Å²) in [6.45, 7) is 18.6. The molecule has 4 nitrogen and oxygen atoms in total. The molecule has 158 valence electrons. The lowest BCUT2D eigenvalue weighted by Crippen LogP contribution is -2.47. The Labute approximate surface area is 177 Å². The van der Waals surface area contributed by atoms with Crippen molar-refractivity contribution in [2.24, 2.45) is 11.3 Å². The fraction of sp³-hybridized carbons (Fsp3) is 0.609. The summed E-state index contributed by atoms with van der Waals surface area (Å²) in [6, 6.07) is 6.80. The van der Waals surface area contributed by atoms with Crippen LogP contribution < -0.4 is 0 Å². The predicted molar refractivity (Wildman–Crippen MR) is 120 cm³/mol. The van der Waals surface area contributed by atoms with Gasteiger partial charge in [-0.2, -0.15) is 0 Å². The molecule has 2 aliphatic carbocycles. The Hall–Kier alpha value is -1.42. The molecule has 2 fully saturated rings.